The minimum Gasteiger partial charge on any atom is -0.453 e. The SMILES string of the molecule is c1ccc(-c2cc3ccccc3c3c2oc2c(N(c4ccccc4)c4ccc5c(c4)C(c4ccccc4)(c4ccccc4)c4c-5ccc5cc(N(c6ccccc6)c6cccc7c6oc6c(-c8ccccc8)cc8ccccc8c67)ccc45)cccc23)cc1. The van der Waals surface area contributed by atoms with E-state index in [4.69, 9.17) is 8.83 Å². The van der Waals surface area contributed by atoms with Gasteiger partial charge in [-0.1, -0.05) is 255 Å². The van der Waals surface area contributed by atoms with E-state index in [-0.39, 0.29) is 0 Å². The highest BCUT2D eigenvalue weighted by Crippen LogP contribution is 2.60. The zero-order valence-corrected chi connectivity index (χ0v) is 48.4. The molecular formula is C85H54N2O2. The molecule has 0 unspecified atom stereocenters. The fourth-order valence-corrected chi connectivity index (χ4v) is 14.9. The number of benzene rings is 15. The number of para-hydroxylation sites is 4. The average Bonchev–Trinajstić information content (AvgIpc) is 1.56. The number of fused-ring (bicyclic) bond motifs is 15. The Kier molecular flexibility index (Phi) is 11.5. The van der Waals surface area contributed by atoms with Gasteiger partial charge in [0.25, 0.3) is 0 Å². The topological polar surface area (TPSA) is 32.8 Å². The van der Waals surface area contributed by atoms with Crippen molar-refractivity contribution in [2.45, 2.75) is 5.41 Å². The largest absolute Gasteiger partial charge is 0.453 e. The fraction of sp³-hybridized carbons (Fsp3) is 0.0118. The van der Waals surface area contributed by atoms with Crippen molar-refractivity contribution in [2.24, 2.45) is 0 Å². The molecule has 0 bridgehead atoms. The average molecular weight is 1140 g/mol. The maximum Gasteiger partial charge on any atom is 0.159 e. The van der Waals surface area contributed by atoms with Gasteiger partial charge in [0.1, 0.15) is 11.2 Å². The summed E-state index contributed by atoms with van der Waals surface area (Å²) >= 11 is 0. The van der Waals surface area contributed by atoms with Gasteiger partial charge in [-0.15, -0.1) is 0 Å². The number of hydrogen-bond acceptors (Lipinski definition) is 4. The van der Waals surface area contributed by atoms with Crippen molar-refractivity contribution in [3.63, 3.8) is 0 Å². The van der Waals surface area contributed by atoms with E-state index in [0.29, 0.717) is 0 Å². The minimum absolute atomic E-state index is 0.750. The summed E-state index contributed by atoms with van der Waals surface area (Å²) in [5, 5.41) is 11.4. The fourth-order valence-electron chi connectivity index (χ4n) is 14.9. The zero-order chi connectivity index (χ0) is 58.6. The van der Waals surface area contributed by atoms with E-state index in [1.54, 1.807) is 0 Å². The molecule has 0 N–H and O–H groups in total. The lowest BCUT2D eigenvalue weighted by Gasteiger charge is -2.35. The highest BCUT2D eigenvalue weighted by molar-refractivity contribution is 6.26. The second-order valence-electron chi connectivity index (χ2n) is 23.4. The van der Waals surface area contributed by atoms with Crippen LogP contribution in [-0.2, 0) is 5.41 Å². The Hall–Kier alpha value is -11.7. The van der Waals surface area contributed by atoms with Gasteiger partial charge in [-0.2, -0.15) is 0 Å². The first-order valence-corrected chi connectivity index (χ1v) is 30.6. The van der Waals surface area contributed by atoms with E-state index in [1.165, 1.54) is 54.9 Å². The van der Waals surface area contributed by atoms with E-state index in [9.17, 15) is 0 Å². The van der Waals surface area contributed by atoms with E-state index in [1.807, 2.05) is 0 Å². The van der Waals surface area contributed by atoms with Gasteiger partial charge in [-0.05, 0) is 150 Å². The maximum absolute atomic E-state index is 7.38. The molecule has 1 aliphatic carbocycles. The highest BCUT2D eigenvalue weighted by Gasteiger charge is 2.48. The number of hydrogen-bond donors (Lipinski definition) is 0. The Morgan fingerprint density at radius 3 is 1.16 bits per heavy atom. The number of furan rings is 2. The summed E-state index contributed by atoms with van der Waals surface area (Å²) < 4.78 is 14.7. The molecule has 1 aliphatic rings. The third kappa shape index (κ3) is 7.73. The molecule has 0 saturated carbocycles. The number of anilines is 6. The van der Waals surface area contributed by atoms with Crippen LogP contribution in [0.3, 0.4) is 0 Å². The Morgan fingerprint density at radius 1 is 0.247 bits per heavy atom. The number of nitrogens with zero attached hydrogens (tertiary/aromatic N) is 2. The molecule has 2 heterocycles. The Morgan fingerprint density at radius 2 is 0.652 bits per heavy atom. The molecule has 15 aromatic carbocycles. The van der Waals surface area contributed by atoms with Crippen molar-refractivity contribution in [2.75, 3.05) is 9.80 Å². The van der Waals surface area contributed by atoms with Crippen LogP contribution in [-0.4, -0.2) is 0 Å². The molecule has 2 aromatic heterocycles. The molecule has 0 aliphatic heterocycles. The molecule has 0 fully saturated rings. The molecule has 89 heavy (non-hydrogen) atoms. The molecule has 4 nitrogen and oxygen atoms in total. The van der Waals surface area contributed by atoms with Crippen LogP contribution in [0.25, 0.3) is 110 Å². The molecular weight excluding hydrogens is 1080 g/mol. The van der Waals surface area contributed by atoms with Crippen molar-refractivity contribution in [3.8, 4) is 33.4 Å². The zero-order valence-electron chi connectivity index (χ0n) is 48.4. The van der Waals surface area contributed by atoms with Crippen LogP contribution in [0.5, 0.6) is 0 Å². The summed E-state index contributed by atoms with van der Waals surface area (Å²) in [6.07, 6.45) is 0. The molecule has 18 rings (SSSR count). The van der Waals surface area contributed by atoms with Gasteiger partial charge in [0.2, 0.25) is 0 Å². The normalized spacial score (nSPS) is 12.6. The molecule has 0 atom stereocenters. The van der Waals surface area contributed by atoms with Gasteiger partial charge in [0.15, 0.2) is 11.2 Å². The van der Waals surface area contributed by atoms with Gasteiger partial charge in [0, 0.05) is 55.4 Å². The monoisotopic (exact) mass is 1130 g/mol. The number of rotatable bonds is 10. The summed E-state index contributed by atoms with van der Waals surface area (Å²) in [6.45, 7) is 0. The first-order chi connectivity index (χ1) is 44.2. The Balaban J connectivity index is 0.855. The third-order valence-corrected chi connectivity index (χ3v) is 18.6. The molecule has 0 radical (unpaired) electrons. The maximum atomic E-state index is 7.38. The van der Waals surface area contributed by atoms with Crippen molar-refractivity contribution in [1.82, 2.24) is 0 Å². The quantitative estimate of drug-likeness (QED) is 0.137. The van der Waals surface area contributed by atoms with Gasteiger partial charge >= 0.3 is 0 Å². The molecule has 0 saturated heterocycles. The minimum atomic E-state index is -0.750. The molecule has 0 amide bonds. The summed E-state index contributed by atoms with van der Waals surface area (Å²) in [5.41, 5.74) is 20.3. The molecule has 0 spiro atoms. The summed E-state index contributed by atoms with van der Waals surface area (Å²) in [7, 11) is 0. The molecule has 416 valence electrons. The predicted octanol–water partition coefficient (Wildman–Crippen LogP) is 23.6. The Labute approximate surface area is 514 Å². The van der Waals surface area contributed by atoms with Crippen LogP contribution in [0, 0.1) is 0 Å². The van der Waals surface area contributed by atoms with Crippen LogP contribution >= 0.6 is 0 Å². The van der Waals surface area contributed by atoms with Crippen molar-refractivity contribution < 1.29 is 8.83 Å². The molecule has 17 aromatic rings. The third-order valence-electron chi connectivity index (χ3n) is 18.6. The van der Waals surface area contributed by atoms with Crippen LogP contribution in [0.1, 0.15) is 22.3 Å². The standard InChI is InChI=1S/C85H54N2O2/c1-7-25-55(26-8-1)73-52-57-29-19-21-39-66(57)78-71-41-23-43-76(81(71)88-83(73)78)86(62-35-15-5-16-36-62)64-46-49-68-59(51-64)45-48-70-69-50-47-65(54-75(69)85(80(68)70,60-31-11-3-12-32-60)61-33-13-4-14-34-61)87(63-37-17-6-18-38-63)77-44-24-42-72-79-67-40-22-20-30-58(67)53-74(84(79)89-82(72)77)56-27-9-2-10-28-56/h1-54H. The lowest BCUT2D eigenvalue weighted by Crippen LogP contribution is -2.29. The van der Waals surface area contributed by atoms with Crippen LogP contribution in [0.4, 0.5) is 34.1 Å². The van der Waals surface area contributed by atoms with Crippen molar-refractivity contribution in [3.05, 3.63) is 350 Å². The lowest BCUT2D eigenvalue weighted by molar-refractivity contribution is 0.670. The van der Waals surface area contributed by atoms with Gasteiger partial charge in [-0.25, -0.2) is 0 Å². The second kappa shape index (κ2) is 20.2. The lowest BCUT2D eigenvalue weighted by atomic mass is 9.66. The summed E-state index contributed by atoms with van der Waals surface area (Å²) in [4.78, 5) is 4.77. The van der Waals surface area contributed by atoms with Crippen molar-refractivity contribution in [1.29, 1.82) is 0 Å². The van der Waals surface area contributed by atoms with E-state index in [0.717, 1.165) is 111 Å². The van der Waals surface area contributed by atoms with Crippen molar-refractivity contribution >= 4 is 110 Å². The van der Waals surface area contributed by atoms with E-state index in [2.05, 4.69) is 337 Å². The first kappa shape index (κ1) is 50.6. The first-order valence-electron chi connectivity index (χ1n) is 30.6. The predicted molar refractivity (Wildman–Crippen MR) is 371 cm³/mol. The second-order valence-corrected chi connectivity index (χ2v) is 23.4. The van der Waals surface area contributed by atoms with Crippen LogP contribution in [0.2, 0.25) is 0 Å². The van der Waals surface area contributed by atoms with Gasteiger partial charge < -0.3 is 18.6 Å². The van der Waals surface area contributed by atoms with E-state index >= 15 is 0 Å². The highest BCUT2D eigenvalue weighted by atomic mass is 16.3. The summed E-state index contributed by atoms with van der Waals surface area (Å²) in [6, 6.07) is 119. The van der Waals surface area contributed by atoms with Gasteiger partial charge in [-0.3, -0.25) is 0 Å². The Bertz CT molecular complexity index is 5560. The van der Waals surface area contributed by atoms with Gasteiger partial charge in [0.05, 0.1) is 16.8 Å². The van der Waals surface area contributed by atoms with Crippen LogP contribution in [0.15, 0.2) is 336 Å². The van der Waals surface area contributed by atoms with Crippen LogP contribution < -0.4 is 9.80 Å². The molecule has 4 heteroatoms. The smallest absolute Gasteiger partial charge is 0.159 e. The van der Waals surface area contributed by atoms with E-state index < -0.39 is 5.41 Å². The summed E-state index contributed by atoms with van der Waals surface area (Å²) in [5.74, 6) is 0.